The lowest BCUT2D eigenvalue weighted by atomic mass is 9.92. The van der Waals surface area contributed by atoms with Crippen molar-refractivity contribution >= 4 is 5.91 Å². The van der Waals surface area contributed by atoms with Crippen LogP contribution in [0.2, 0.25) is 0 Å². The first-order valence-corrected chi connectivity index (χ1v) is 3.40. The van der Waals surface area contributed by atoms with Crippen LogP contribution in [0.25, 0.3) is 0 Å². The lowest BCUT2D eigenvalue weighted by Gasteiger charge is -2.44. The molecule has 2 nitrogen and oxygen atoms in total. The smallest absolute Gasteiger partial charge is 0.219 e. The Bertz CT molecular complexity index is 133. The number of hydrogen-bond donors (Lipinski definition) is 0. The van der Waals surface area contributed by atoms with Crippen molar-refractivity contribution in [3.05, 3.63) is 0 Å². The topological polar surface area (TPSA) is 20.3 Å². The Morgan fingerprint density at radius 1 is 1.56 bits per heavy atom. The first-order chi connectivity index (χ1) is 4.13. The molecule has 0 aliphatic carbocycles. The van der Waals surface area contributed by atoms with Gasteiger partial charge in [0.15, 0.2) is 0 Å². The van der Waals surface area contributed by atoms with Gasteiger partial charge in [0.1, 0.15) is 0 Å². The van der Waals surface area contributed by atoms with E-state index in [-0.39, 0.29) is 5.91 Å². The van der Waals surface area contributed by atoms with E-state index in [2.05, 4.69) is 13.8 Å². The summed E-state index contributed by atoms with van der Waals surface area (Å²) in [5, 5.41) is 0. The zero-order valence-electron chi connectivity index (χ0n) is 6.22. The van der Waals surface area contributed by atoms with Gasteiger partial charge in [-0.2, -0.15) is 0 Å². The lowest BCUT2D eigenvalue weighted by Crippen LogP contribution is -2.55. The van der Waals surface area contributed by atoms with Gasteiger partial charge in [0.05, 0.1) is 0 Å². The molecular weight excluding hydrogens is 114 g/mol. The number of hydrogen-bond acceptors (Lipinski definition) is 1. The van der Waals surface area contributed by atoms with Crippen LogP contribution in [0.5, 0.6) is 0 Å². The van der Waals surface area contributed by atoms with Crippen molar-refractivity contribution in [3.63, 3.8) is 0 Å². The highest BCUT2D eigenvalue weighted by Crippen LogP contribution is 2.22. The summed E-state index contributed by atoms with van der Waals surface area (Å²) in [4.78, 5) is 12.6. The maximum atomic E-state index is 10.7. The zero-order chi connectivity index (χ0) is 7.02. The standard InChI is InChI=1S/C7H13NO/c1-5-4-8(6(5)2)7(3)9/h5-6H,4H2,1-3H3/t5-,6?/m1/s1. The molecule has 1 aliphatic heterocycles. The number of likely N-dealkylation sites (tertiary alicyclic amines) is 1. The highest BCUT2D eigenvalue weighted by Gasteiger charge is 2.32. The van der Waals surface area contributed by atoms with E-state index in [1.165, 1.54) is 0 Å². The van der Waals surface area contributed by atoms with Crippen LogP contribution in [0, 0.1) is 5.92 Å². The van der Waals surface area contributed by atoms with Gasteiger partial charge in [-0.25, -0.2) is 0 Å². The van der Waals surface area contributed by atoms with Crippen molar-refractivity contribution in [3.8, 4) is 0 Å². The van der Waals surface area contributed by atoms with Gasteiger partial charge in [-0.05, 0) is 12.8 Å². The summed E-state index contributed by atoms with van der Waals surface area (Å²) < 4.78 is 0. The van der Waals surface area contributed by atoms with Crippen LogP contribution in [-0.2, 0) is 4.79 Å². The van der Waals surface area contributed by atoms with Crippen molar-refractivity contribution < 1.29 is 4.79 Å². The van der Waals surface area contributed by atoms with Crippen LogP contribution in [0.3, 0.4) is 0 Å². The van der Waals surface area contributed by atoms with Crippen molar-refractivity contribution in [1.29, 1.82) is 0 Å². The first-order valence-electron chi connectivity index (χ1n) is 3.40. The highest BCUT2D eigenvalue weighted by molar-refractivity contribution is 5.74. The molecule has 0 radical (unpaired) electrons. The molecular formula is C7H13NO. The van der Waals surface area contributed by atoms with Crippen LogP contribution in [0.15, 0.2) is 0 Å². The number of carbonyl (C=O) groups is 1. The van der Waals surface area contributed by atoms with E-state index in [1.54, 1.807) is 6.92 Å². The minimum absolute atomic E-state index is 0.209. The molecule has 2 heteroatoms. The van der Waals surface area contributed by atoms with Gasteiger partial charge in [-0.1, -0.05) is 6.92 Å². The fourth-order valence-electron chi connectivity index (χ4n) is 1.21. The second-order valence-corrected chi connectivity index (χ2v) is 2.89. The van der Waals surface area contributed by atoms with Crippen LogP contribution in [0.4, 0.5) is 0 Å². The summed E-state index contributed by atoms with van der Waals surface area (Å²) in [7, 11) is 0. The van der Waals surface area contributed by atoms with Crippen molar-refractivity contribution in [1.82, 2.24) is 4.90 Å². The third-order valence-corrected chi connectivity index (χ3v) is 2.20. The minimum atomic E-state index is 0.209. The van der Waals surface area contributed by atoms with Crippen LogP contribution < -0.4 is 0 Å². The SMILES string of the molecule is CC(=O)N1C[C@@H](C)C1C. The normalized spacial score (nSPS) is 33.9. The Morgan fingerprint density at radius 3 is 2.22 bits per heavy atom. The van der Waals surface area contributed by atoms with Crippen molar-refractivity contribution in [2.75, 3.05) is 6.54 Å². The first kappa shape index (κ1) is 6.59. The van der Waals surface area contributed by atoms with E-state index < -0.39 is 0 Å². The fourth-order valence-corrected chi connectivity index (χ4v) is 1.21. The number of carbonyl (C=O) groups excluding carboxylic acids is 1. The Morgan fingerprint density at radius 2 is 2.11 bits per heavy atom. The minimum Gasteiger partial charge on any atom is -0.340 e. The van der Waals surface area contributed by atoms with Gasteiger partial charge < -0.3 is 4.90 Å². The molecule has 1 amide bonds. The maximum Gasteiger partial charge on any atom is 0.219 e. The molecule has 0 aromatic heterocycles. The summed E-state index contributed by atoms with van der Waals surface area (Å²) in [5.74, 6) is 0.912. The molecule has 9 heavy (non-hydrogen) atoms. The van der Waals surface area contributed by atoms with Gasteiger partial charge >= 0.3 is 0 Å². The molecule has 0 aromatic carbocycles. The van der Waals surface area contributed by atoms with E-state index in [0.717, 1.165) is 6.54 Å². The molecule has 1 fully saturated rings. The van der Waals surface area contributed by atoms with Gasteiger partial charge in [0.2, 0.25) is 5.91 Å². The van der Waals surface area contributed by atoms with Gasteiger partial charge in [0.25, 0.3) is 0 Å². The third kappa shape index (κ3) is 0.934. The zero-order valence-corrected chi connectivity index (χ0v) is 6.22. The van der Waals surface area contributed by atoms with Crippen molar-refractivity contribution in [2.45, 2.75) is 26.8 Å². The Kier molecular flexibility index (Phi) is 1.47. The van der Waals surface area contributed by atoms with Crippen LogP contribution in [-0.4, -0.2) is 23.4 Å². The Hall–Kier alpha value is -0.530. The second-order valence-electron chi connectivity index (χ2n) is 2.89. The molecule has 0 spiro atoms. The average molecular weight is 127 g/mol. The average Bonchev–Trinajstić information content (AvgIpc) is 1.81. The van der Waals surface area contributed by atoms with E-state index in [0.29, 0.717) is 12.0 Å². The molecule has 0 saturated carbocycles. The fraction of sp³-hybridized carbons (Fsp3) is 0.857. The van der Waals surface area contributed by atoms with E-state index in [4.69, 9.17) is 0 Å². The highest BCUT2D eigenvalue weighted by atomic mass is 16.2. The third-order valence-electron chi connectivity index (χ3n) is 2.20. The summed E-state index contributed by atoms with van der Waals surface area (Å²) >= 11 is 0. The number of nitrogens with zero attached hydrogens (tertiary/aromatic N) is 1. The quantitative estimate of drug-likeness (QED) is 0.473. The molecule has 1 unspecified atom stereocenters. The predicted molar refractivity (Wildman–Crippen MR) is 36.0 cm³/mol. The van der Waals surface area contributed by atoms with Gasteiger partial charge in [0, 0.05) is 19.5 Å². The van der Waals surface area contributed by atoms with E-state index in [9.17, 15) is 4.79 Å². The van der Waals surface area contributed by atoms with Crippen LogP contribution in [0.1, 0.15) is 20.8 Å². The van der Waals surface area contributed by atoms with Crippen LogP contribution >= 0.6 is 0 Å². The lowest BCUT2D eigenvalue weighted by molar-refractivity contribution is -0.139. The molecule has 1 heterocycles. The summed E-state index contributed by atoms with van der Waals surface area (Å²) in [6.45, 7) is 6.85. The van der Waals surface area contributed by atoms with Gasteiger partial charge in [-0.3, -0.25) is 4.79 Å². The molecule has 1 rings (SSSR count). The Labute approximate surface area is 55.8 Å². The summed E-state index contributed by atoms with van der Waals surface area (Å²) in [6.07, 6.45) is 0. The summed E-state index contributed by atoms with van der Waals surface area (Å²) in [5.41, 5.74) is 0. The molecule has 1 aliphatic rings. The monoisotopic (exact) mass is 127 g/mol. The molecule has 0 aromatic rings. The van der Waals surface area contributed by atoms with Gasteiger partial charge in [-0.15, -0.1) is 0 Å². The Balaban J connectivity index is 2.42. The number of rotatable bonds is 0. The molecule has 1 saturated heterocycles. The summed E-state index contributed by atoms with van der Waals surface area (Å²) in [6, 6.07) is 0.475. The molecule has 2 atom stereocenters. The largest absolute Gasteiger partial charge is 0.340 e. The van der Waals surface area contributed by atoms with E-state index >= 15 is 0 Å². The van der Waals surface area contributed by atoms with E-state index in [1.807, 2.05) is 4.90 Å². The predicted octanol–water partition coefficient (Wildman–Crippen LogP) is 0.873. The number of amides is 1. The van der Waals surface area contributed by atoms with Crippen molar-refractivity contribution in [2.24, 2.45) is 5.92 Å². The molecule has 0 N–H and O–H groups in total. The molecule has 0 bridgehead atoms. The maximum absolute atomic E-state index is 10.7. The molecule has 52 valence electrons. The second kappa shape index (κ2) is 2.01.